The van der Waals surface area contributed by atoms with Crippen molar-refractivity contribution >= 4 is 22.2 Å². The van der Waals surface area contributed by atoms with E-state index in [2.05, 4.69) is 15.9 Å². The highest BCUT2D eigenvalue weighted by Gasteiger charge is 2.03. The molecule has 86 valence electrons. The molecule has 0 aliphatic carbocycles. The molecule has 0 N–H and O–H groups in total. The average molecular weight is 291 g/mol. The van der Waals surface area contributed by atoms with Gasteiger partial charge in [0.05, 0.1) is 7.11 Å². The van der Waals surface area contributed by atoms with Crippen LogP contribution in [-0.2, 0) is 0 Å². The second-order valence-corrected chi connectivity index (χ2v) is 4.54. The van der Waals surface area contributed by atoms with Gasteiger partial charge < -0.3 is 4.74 Å². The van der Waals surface area contributed by atoms with Crippen LogP contribution in [0.2, 0.25) is 0 Å². The van der Waals surface area contributed by atoms with Gasteiger partial charge in [-0.2, -0.15) is 0 Å². The predicted molar refractivity (Wildman–Crippen MR) is 71.5 cm³/mol. The highest BCUT2D eigenvalue weighted by Crippen LogP contribution is 2.27. The summed E-state index contributed by atoms with van der Waals surface area (Å²) in [6.07, 6.45) is 0.842. The van der Waals surface area contributed by atoms with Gasteiger partial charge in [0.25, 0.3) is 0 Å². The maximum atomic E-state index is 10.8. The lowest BCUT2D eigenvalue weighted by molar-refractivity contribution is 0.112. The van der Waals surface area contributed by atoms with Gasteiger partial charge in [0, 0.05) is 10.0 Å². The van der Waals surface area contributed by atoms with Crippen molar-refractivity contribution in [2.75, 3.05) is 7.11 Å². The Morgan fingerprint density at radius 1 is 1.12 bits per heavy atom. The van der Waals surface area contributed by atoms with Gasteiger partial charge in [-0.05, 0) is 41.5 Å². The zero-order chi connectivity index (χ0) is 12.3. The summed E-state index contributed by atoms with van der Waals surface area (Å²) in [5.41, 5.74) is 2.66. The highest BCUT2D eigenvalue weighted by atomic mass is 79.9. The predicted octanol–water partition coefficient (Wildman–Crippen LogP) is 3.94. The molecule has 0 spiro atoms. The van der Waals surface area contributed by atoms with Crippen molar-refractivity contribution in [2.45, 2.75) is 0 Å². The number of methoxy groups -OCH3 is 1. The number of aldehydes is 1. The van der Waals surface area contributed by atoms with Crippen LogP contribution in [0.25, 0.3) is 11.1 Å². The van der Waals surface area contributed by atoms with Crippen LogP contribution in [0.4, 0.5) is 0 Å². The molecule has 0 unspecified atom stereocenters. The largest absolute Gasteiger partial charge is 0.497 e. The summed E-state index contributed by atoms with van der Waals surface area (Å²) in [7, 11) is 1.64. The number of ether oxygens (including phenoxy) is 1. The Kier molecular flexibility index (Phi) is 3.59. The molecule has 0 aromatic heterocycles. The van der Waals surface area contributed by atoms with Gasteiger partial charge >= 0.3 is 0 Å². The topological polar surface area (TPSA) is 26.3 Å². The zero-order valence-electron chi connectivity index (χ0n) is 9.31. The molecule has 0 heterocycles. The quantitative estimate of drug-likeness (QED) is 0.801. The number of carbonyl (C=O) groups excluding carboxylic acids is 1. The molecule has 0 aliphatic heterocycles. The van der Waals surface area contributed by atoms with E-state index >= 15 is 0 Å². The van der Waals surface area contributed by atoms with Gasteiger partial charge in [-0.25, -0.2) is 0 Å². The lowest BCUT2D eigenvalue weighted by Gasteiger charge is -2.06. The summed E-state index contributed by atoms with van der Waals surface area (Å²) in [6.45, 7) is 0. The van der Waals surface area contributed by atoms with Crippen molar-refractivity contribution in [3.63, 3.8) is 0 Å². The SMILES string of the molecule is COc1cccc(-c2cc(Br)cc(C=O)c2)c1. The maximum Gasteiger partial charge on any atom is 0.150 e. The van der Waals surface area contributed by atoms with Crippen LogP contribution in [0.5, 0.6) is 5.75 Å². The molecule has 0 saturated carbocycles. The van der Waals surface area contributed by atoms with E-state index in [0.717, 1.165) is 27.6 Å². The van der Waals surface area contributed by atoms with E-state index in [9.17, 15) is 4.79 Å². The summed E-state index contributed by atoms with van der Waals surface area (Å²) >= 11 is 3.40. The lowest BCUT2D eigenvalue weighted by Crippen LogP contribution is -1.86. The molecular weight excluding hydrogens is 280 g/mol. The van der Waals surface area contributed by atoms with Crippen molar-refractivity contribution < 1.29 is 9.53 Å². The summed E-state index contributed by atoms with van der Waals surface area (Å²) in [5, 5.41) is 0. The van der Waals surface area contributed by atoms with E-state index in [1.165, 1.54) is 0 Å². The van der Waals surface area contributed by atoms with Crippen molar-refractivity contribution in [1.29, 1.82) is 0 Å². The first-order chi connectivity index (χ1) is 8.22. The molecule has 2 aromatic carbocycles. The minimum atomic E-state index is 0.650. The van der Waals surface area contributed by atoms with Crippen LogP contribution < -0.4 is 4.74 Å². The molecule has 2 nitrogen and oxygen atoms in total. The Hall–Kier alpha value is -1.61. The number of halogens is 1. The molecule has 2 aromatic rings. The first-order valence-electron chi connectivity index (χ1n) is 5.13. The van der Waals surface area contributed by atoms with E-state index < -0.39 is 0 Å². The lowest BCUT2D eigenvalue weighted by atomic mass is 10.0. The maximum absolute atomic E-state index is 10.8. The first kappa shape index (κ1) is 11.9. The molecule has 0 atom stereocenters. The summed E-state index contributed by atoms with van der Waals surface area (Å²) < 4.78 is 6.07. The fourth-order valence-corrected chi connectivity index (χ4v) is 2.16. The summed E-state index contributed by atoms with van der Waals surface area (Å²) in [5.74, 6) is 0.801. The smallest absolute Gasteiger partial charge is 0.150 e. The number of hydrogen-bond donors (Lipinski definition) is 0. The van der Waals surface area contributed by atoms with Gasteiger partial charge in [0.2, 0.25) is 0 Å². The third-order valence-electron chi connectivity index (χ3n) is 2.46. The number of rotatable bonds is 3. The molecule has 2 rings (SSSR count). The van der Waals surface area contributed by atoms with Crippen LogP contribution in [0, 0.1) is 0 Å². The van der Waals surface area contributed by atoms with E-state index in [-0.39, 0.29) is 0 Å². The molecule has 0 amide bonds. The third-order valence-corrected chi connectivity index (χ3v) is 2.92. The zero-order valence-corrected chi connectivity index (χ0v) is 10.9. The minimum Gasteiger partial charge on any atom is -0.497 e. The summed E-state index contributed by atoms with van der Waals surface area (Å²) in [4.78, 5) is 10.8. The van der Waals surface area contributed by atoms with Gasteiger partial charge in [0.15, 0.2) is 0 Å². The molecule has 0 fully saturated rings. The summed E-state index contributed by atoms with van der Waals surface area (Å²) in [6, 6.07) is 13.4. The van der Waals surface area contributed by atoms with Crippen molar-refractivity contribution in [3.05, 3.63) is 52.5 Å². The van der Waals surface area contributed by atoms with Crippen LogP contribution >= 0.6 is 15.9 Å². The van der Waals surface area contributed by atoms with Gasteiger partial charge in [-0.1, -0.05) is 28.1 Å². The number of carbonyl (C=O) groups is 1. The second kappa shape index (κ2) is 5.15. The van der Waals surface area contributed by atoms with E-state index in [1.807, 2.05) is 36.4 Å². The van der Waals surface area contributed by atoms with Gasteiger partial charge in [-0.3, -0.25) is 4.79 Å². The monoisotopic (exact) mass is 290 g/mol. The average Bonchev–Trinajstić information content (AvgIpc) is 2.38. The van der Waals surface area contributed by atoms with Crippen molar-refractivity contribution in [1.82, 2.24) is 0 Å². The number of hydrogen-bond acceptors (Lipinski definition) is 2. The fraction of sp³-hybridized carbons (Fsp3) is 0.0714. The molecule has 0 saturated heterocycles. The van der Waals surface area contributed by atoms with E-state index in [0.29, 0.717) is 5.56 Å². The Morgan fingerprint density at radius 2 is 1.94 bits per heavy atom. The minimum absolute atomic E-state index is 0.650. The number of benzene rings is 2. The second-order valence-electron chi connectivity index (χ2n) is 3.62. The van der Waals surface area contributed by atoms with E-state index in [4.69, 9.17) is 4.74 Å². The third kappa shape index (κ3) is 2.74. The van der Waals surface area contributed by atoms with Crippen LogP contribution in [0.15, 0.2) is 46.9 Å². The Labute approximate surface area is 108 Å². The molecule has 17 heavy (non-hydrogen) atoms. The van der Waals surface area contributed by atoms with E-state index in [1.54, 1.807) is 13.2 Å². The standard InChI is InChI=1S/C14H11BrO2/c1-17-14-4-2-3-11(8-14)12-5-10(9-16)6-13(15)7-12/h2-9H,1H3. The normalized spacial score (nSPS) is 10.0. The molecule has 0 radical (unpaired) electrons. The molecule has 0 bridgehead atoms. The molecule has 3 heteroatoms. The Morgan fingerprint density at radius 3 is 2.65 bits per heavy atom. The van der Waals surface area contributed by atoms with Crippen molar-refractivity contribution in [3.8, 4) is 16.9 Å². The van der Waals surface area contributed by atoms with Gasteiger partial charge in [0.1, 0.15) is 12.0 Å². The van der Waals surface area contributed by atoms with Gasteiger partial charge in [-0.15, -0.1) is 0 Å². The molecule has 0 aliphatic rings. The Bertz CT molecular complexity index is 550. The molecular formula is C14H11BrO2. The van der Waals surface area contributed by atoms with Crippen molar-refractivity contribution in [2.24, 2.45) is 0 Å². The Balaban J connectivity index is 2.51. The highest BCUT2D eigenvalue weighted by molar-refractivity contribution is 9.10. The van der Waals surface area contributed by atoms with Crippen LogP contribution in [0.3, 0.4) is 0 Å². The van der Waals surface area contributed by atoms with Crippen LogP contribution in [0.1, 0.15) is 10.4 Å². The fourth-order valence-electron chi connectivity index (χ4n) is 1.65. The van der Waals surface area contributed by atoms with Crippen LogP contribution in [-0.4, -0.2) is 13.4 Å². The first-order valence-corrected chi connectivity index (χ1v) is 5.92.